The van der Waals surface area contributed by atoms with E-state index in [-0.39, 0.29) is 12.7 Å². The van der Waals surface area contributed by atoms with Gasteiger partial charge in [-0.15, -0.1) is 0 Å². The van der Waals surface area contributed by atoms with Crippen LogP contribution in [-0.4, -0.2) is 35.6 Å². The van der Waals surface area contributed by atoms with E-state index in [9.17, 15) is 10.2 Å². The first-order chi connectivity index (χ1) is 14.3. The van der Waals surface area contributed by atoms with Crippen molar-refractivity contribution in [1.29, 1.82) is 0 Å². The maximum atomic E-state index is 9.92. The van der Waals surface area contributed by atoms with E-state index in [0.29, 0.717) is 6.61 Å². The molecule has 174 valence electrons. The van der Waals surface area contributed by atoms with Crippen LogP contribution in [0.25, 0.3) is 0 Å². The third kappa shape index (κ3) is 20.7. The minimum atomic E-state index is -0.736. The molecule has 2 unspecified atom stereocenters. The lowest BCUT2D eigenvalue weighted by molar-refractivity contribution is -0.0629. The fourth-order valence-electron chi connectivity index (χ4n) is 3.68. The molecular weight excluding hydrogens is 360 g/mol. The summed E-state index contributed by atoms with van der Waals surface area (Å²) < 4.78 is 5.80. The highest BCUT2D eigenvalue weighted by Gasteiger charge is 2.18. The van der Waals surface area contributed by atoms with Crippen LogP contribution in [-0.2, 0) is 4.74 Å². The minimum Gasteiger partial charge on any atom is -0.394 e. The van der Waals surface area contributed by atoms with Gasteiger partial charge < -0.3 is 14.9 Å². The fourth-order valence-corrected chi connectivity index (χ4v) is 3.68. The van der Waals surface area contributed by atoms with E-state index in [2.05, 4.69) is 26.0 Å². The number of hydrogen-bond donors (Lipinski definition) is 2. The second kappa shape index (κ2) is 23.9. The van der Waals surface area contributed by atoms with E-state index in [1.807, 2.05) is 0 Å². The SMILES string of the molecule is CCCCCCCCC=CCCCCCCCCC(OCCCCC)C(O)CO. The molecule has 0 saturated carbocycles. The zero-order valence-electron chi connectivity index (χ0n) is 19.8. The molecule has 0 heterocycles. The standard InChI is InChI=1S/C26H52O3/c1-3-5-7-8-9-10-11-12-13-14-15-16-17-18-19-20-22-26(25(28)24-27)29-23-21-6-4-2/h12-13,25-28H,3-11,14-24H2,1-2H3. The number of ether oxygens (including phenoxy) is 1. The van der Waals surface area contributed by atoms with E-state index in [1.54, 1.807) is 0 Å². The van der Waals surface area contributed by atoms with Crippen LogP contribution in [0.2, 0.25) is 0 Å². The Bertz CT molecular complexity index is 330. The molecule has 0 amide bonds. The van der Waals surface area contributed by atoms with Crippen molar-refractivity contribution in [3.05, 3.63) is 12.2 Å². The van der Waals surface area contributed by atoms with Crippen molar-refractivity contribution in [1.82, 2.24) is 0 Å². The van der Waals surface area contributed by atoms with Crippen molar-refractivity contribution in [2.75, 3.05) is 13.2 Å². The summed E-state index contributed by atoms with van der Waals surface area (Å²) in [6.07, 6.45) is 26.3. The molecule has 0 aliphatic rings. The molecule has 0 spiro atoms. The molecule has 0 aromatic heterocycles. The summed E-state index contributed by atoms with van der Waals surface area (Å²) in [7, 11) is 0. The van der Waals surface area contributed by atoms with E-state index >= 15 is 0 Å². The van der Waals surface area contributed by atoms with Gasteiger partial charge in [0, 0.05) is 6.61 Å². The zero-order chi connectivity index (χ0) is 21.4. The lowest BCUT2D eigenvalue weighted by Gasteiger charge is -2.22. The first kappa shape index (κ1) is 28.6. The molecular formula is C26H52O3. The molecule has 0 fully saturated rings. The fraction of sp³-hybridized carbons (Fsp3) is 0.923. The predicted molar refractivity (Wildman–Crippen MR) is 126 cm³/mol. The van der Waals surface area contributed by atoms with Crippen molar-refractivity contribution in [2.45, 2.75) is 142 Å². The Hall–Kier alpha value is -0.380. The first-order valence-electron chi connectivity index (χ1n) is 12.8. The van der Waals surface area contributed by atoms with E-state index in [0.717, 1.165) is 25.7 Å². The van der Waals surface area contributed by atoms with Crippen LogP contribution < -0.4 is 0 Å². The van der Waals surface area contributed by atoms with Crippen LogP contribution in [0.1, 0.15) is 129 Å². The van der Waals surface area contributed by atoms with Crippen LogP contribution in [0, 0.1) is 0 Å². The molecule has 3 nitrogen and oxygen atoms in total. The Morgan fingerprint density at radius 2 is 1.14 bits per heavy atom. The summed E-state index contributed by atoms with van der Waals surface area (Å²) in [6, 6.07) is 0. The predicted octanol–water partition coefficient (Wildman–Crippen LogP) is 7.34. The molecule has 0 aliphatic carbocycles. The molecule has 2 atom stereocenters. The van der Waals surface area contributed by atoms with Gasteiger partial charge in [0.2, 0.25) is 0 Å². The third-order valence-corrected chi connectivity index (χ3v) is 5.70. The highest BCUT2D eigenvalue weighted by atomic mass is 16.5. The topological polar surface area (TPSA) is 49.7 Å². The molecule has 0 aromatic rings. The Labute approximate surface area is 182 Å². The average molecular weight is 413 g/mol. The van der Waals surface area contributed by atoms with Gasteiger partial charge in [0.25, 0.3) is 0 Å². The van der Waals surface area contributed by atoms with Gasteiger partial charge in [-0.1, -0.05) is 103 Å². The second-order valence-electron chi connectivity index (χ2n) is 8.59. The van der Waals surface area contributed by atoms with Crippen LogP contribution in [0.3, 0.4) is 0 Å². The smallest absolute Gasteiger partial charge is 0.103 e. The summed E-state index contributed by atoms with van der Waals surface area (Å²) in [5.41, 5.74) is 0. The zero-order valence-corrected chi connectivity index (χ0v) is 19.8. The number of aliphatic hydroxyl groups is 2. The molecule has 0 aliphatic heterocycles. The Kier molecular flexibility index (Phi) is 23.6. The van der Waals surface area contributed by atoms with Crippen molar-refractivity contribution in [2.24, 2.45) is 0 Å². The van der Waals surface area contributed by atoms with Crippen molar-refractivity contribution < 1.29 is 14.9 Å². The minimum absolute atomic E-state index is 0.200. The van der Waals surface area contributed by atoms with E-state index in [4.69, 9.17) is 4.74 Å². The highest BCUT2D eigenvalue weighted by molar-refractivity contribution is 4.81. The van der Waals surface area contributed by atoms with Crippen LogP contribution in [0.4, 0.5) is 0 Å². The van der Waals surface area contributed by atoms with Gasteiger partial charge in [-0.25, -0.2) is 0 Å². The quantitative estimate of drug-likeness (QED) is 0.136. The summed E-state index contributed by atoms with van der Waals surface area (Å²) in [5.74, 6) is 0. The van der Waals surface area contributed by atoms with Gasteiger partial charge in [-0.2, -0.15) is 0 Å². The lowest BCUT2D eigenvalue weighted by Crippen LogP contribution is -2.32. The van der Waals surface area contributed by atoms with Crippen molar-refractivity contribution in [3.8, 4) is 0 Å². The summed E-state index contributed by atoms with van der Waals surface area (Å²) >= 11 is 0. The van der Waals surface area contributed by atoms with Gasteiger partial charge >= 0.3 is 0 Å². The molecule has 3 heteroatoms. The number of hydrogen-bond acceptors (Lipinski definition) is 3. The number of aliphatic hydroxyl groups excluding tert-OH is 2. The third-order valence-electron chi connectivity index (χ3n) is 5.70. The molecule has 0 rings (SSSR count). The van der Waals surface area contributed by atoms with E-state index < -0.39 is 6.10 Å². The number of rotatable bonds is 23. The van der Waals surface area contributed by atoms with Crippen molar-refractivity contribution >= 4 is 0 Å². The second-order valence-corrected chi connectivity index (χ2v) is 8.59. The summed E-state index contributed by atoms with van der Waals surface area (Å²) in [4.78, 5) is 0. The number of unbranched alkanes of at least 4 members (excludes halogenated alkanes) is 14. The lowest BCUT2D eigenvalue weighted by atomic mass is 10.0. The van der Waals surface area contributed by atoms with Crippen LogP contribution >= 0.6 is 0 Å². The van der Waals surface area contributed by atoms with Crippen molar-refractivity contribution in [3.63, 3.8) is 0 Å². The molecule has 0 bridgehead atoms. The molecule has 29 heavy (non-hydrogen) atoms. The molecule has 0 aromatic carbocycles. The molecule has 0 radical (unpaired) electrons. The normalized spacial score (nSPS) is 13.9. The maximum Gasteiger partial charge on any atom is 0.103 e. The Morgan fingerprint density at radius 3 is 1.69 bits per heavy atom. The van der Waals surface area contributed by atoms with Gasteiger partial charge in [-0.05, 0) is 38.5 Å². The monoisotopic (exact) mass is 412 g/mol. The van der Waals surface area contributed by atoms with E-state index in [1.165, 1.54) is 89.9 Å². The maximum absolute atomic E-state index is 9.92. The van der Waals surface area contributed by atoms with Crippen LogP contribution in [0.15, 0.2) is 12.2 Å². The Balaban J connectivity index is 3.47. The van der Waals surface area contributed by atoms with Crippen LogP contribution in [0.5, 0.6) is 0 Å². The molecule has 0 saturated heterocycles. The van der Waals surface area contributed by atoms with Gasteiger partial charge in [-0.3, -0.25) is 0 Å². The molecule has 2 N–H and O–H groups in total. The van der Waals surface area contributed by atoms with Gasteiger partial charge in [0.1, 0.15) is 6.10 Å². The van der Waals surface area contributed by atoms with Gasteiger partial charge in [0.15, 0.2) is 0 Å². The van der Waals surface area contributed by atoms with Gasteiger partial charge in [0.05, 0.1) is 12.7 Å². The average Bonchev–Trinajstić information content (AvgIpc) is 2.74. The summed E-state index contributed by atoms with van der Waals surface area (Å²) in [5, 5.41) is 19.1. The largest absolute Gasteiger partial charge is 0.394 e. The first-order valence-corrected chi connectivity index (χ1v) is 12.8. The summed E-state index contributed by atoms with van der Waals surface area (Å²) in [6.45, 7) is 4.94. The Morgan fingerprint density at radius 1 is 0.655 bits per heavy atom. The number of allylic oxidation sites excluding steroid dienone is 2. The highest BCUT2D eigenvalue weighted by Crippen LogP contribution is 2.15.